The Morgan fingerprint density at radius 1 is 1.22 bits per heavy atom. The molecule has 1 unspecified atom stereocenters. The lowest BCUT2D eigenvalue weighted by atomic mass is 10.1. The number of rotatable bonds is 8. The number of carbonyl (C=O) groups is 1. The third-order valence-electron chi connectivity index (χ3n) is 4.88. The van der Waals surface area contributed by atoms with E-state index in [2.05, 4.69) is 15.0 Å². The van der Waals surface area contributed by atoms with E-state index in [-0.39, 0.29) is 11.6 Å². The first-order valence-electron chi connectivity index (χ1n) is 10.8. The molecule has 2 aromatic heterocycles. The molecular formula is C23H31N5O3S. The van der Waals surface area contributed by atoms with Crippen molar-refractivity contribution >= 4 is 27.8 Å². The van der Waals surface area contributed by atoms with Gasteiger partial charge >= 0.3 is 6.09 Å². The third kappa shape index (κ3) is 5.92. The fraction of sp³-hybridized carbons (Fsp3) is 0.478. The fourth-order valence-electron chi connectivity index (χ4n) is 3.41. The molecule has 0 radical (unpaired) electrons. The number of aryl methyl sites for hydroxylation is 1. The van der Waals surface area contributed by atoms with Gasteiger partial charge in [0.15, 0.2) is 4.83 Å². The zero-order valence-electron chi connectivity index (χ0n) is 19.3. The SMILES string of the molecule is CCC(NCCNC(=O)OC(C)(C)C)c1nc2snc(C)c2c(=O)n1Cc1ccccc1. The summed E-state index contributed by atoms with van der Waals surface area (Å²) in [5.74, 6) is 0.676. The normalized spacial score (nSPS) is 12.7. The Kier molecular flexibility index (Phi) is 7.63. The van der Waals surface area contributed by atoms with Crippen LogP contribution in [0.25, 0.3) is 10.2 Å². The first-order chi connectivity index (χ1) is 15.2. The second-order valence-electron chi connectivity index (χ2n) is 8.64. The van der Waals surface area contributed by atoms with Gasteiger partial charge in [-0.15, -0.1) is 0 Å². The predicted molar refractivity (Wildman–Crippen MR) is 127 cm³/mol. The van der Waals surface area contributed by atoms with Crippen LogP contribution in [0.2, 0.25) is 0 Å². The summed E-state index contributed by atoms with van der Waals surface area (Å²) in [4.78, 5) is 30.7. The number of ether oxygens (including phenoxy) is 1. The van der Waals surface area contributed by atoms with Gasteiger partial charge in [-0.25, -0.2) is 9.78 Å². The highest BCUT2D eigenvalue weighted by molar-refractivity contribution is 7.12. The summed E-state index contributed by atoms with van der Waals surface area (Å²) in [6.45, 7) is 10.7. The van der Waals surface area contributed by atoms with Crippen LogP contribution in [-0.2, 0) is 11.3 Å². The Balaban J connectivity index is 1.82. The van der Waals surface area contributed by atoms with Gasteiger partial charge in [-0.3, -0.25) is 9.36 Å². The van der Waals surface area contributed by atoms with E-state index in [4.69, 9.17) is 9.72 Å². The van der Waals surface area contributed by atoms with Crippen LogP contribution in [0, 0.1) is 6.92 Å². The van der Waals surface area contributed by atoms with Crippen molar-refractivity contribution in [2.75, 3.05) is 13.1 Å². The van der Waals surface area contributed by atoms with E-state index in [0.29, 0.717) is 41.4 Å². The first-order valence-corrected chi connectivity index (χ1v) is 11.6. The minimum absolute atomic E-state index is 0.0766. The number of nitrogens with one attached hydrogen (secondary N) is 2. The second kappa shape index (κ2) is 10.2. The molecule has 0 aliphatic carbocycles. The van der Waals surface area contributed by atoms with E-state index in [9.17, 15) is 9.59 Å². The molecule has 32 heavy (non-hydrogen) atoms. The molecular weight excluding hydrogens is 426 g/mol. The summed E-state index contributed by atoms with van der Waals surface area (Å²) in [6, 6.07) is 9.72. The van der Waals surface area contributed by atoms with Gasteiger partial charge in [0.05, 0.1) is 23.7 Å². The molecule has 0 saturated heterocycles. The number of hydrogen-bond acceptors (Lipinski definition) is 7. The maximum absolute atomic E-state index is 13.4. The highest BCUT2D eigenvalue weighted by Gasteiger charge is 2.21. The highest BCUT2D eigenvalue weighted by atomic mass is 32.1. The number of nitrogens with zero attached hydrogens (tertiary/aromatic N) is 3. The van der Waals surface area contributed by atoms with Crippen LogP contribution >= 0.6 is 11.5 Å². The Morgan fingerprint density at radius 3 is 2.59 bits per heavy atom. The van der Waals surface area contributed by atoms with E-state index in [0.717, 1.165) is 12.0 Å². The topological polar surface area (TPSA) is 98.1 Å². The lowest BCUT2D eigenvalue weighted by Gasteiger charge is -2.22. The lowest BCUT2D eigenvalue weighted by molar-refractivity contribution is 0.0528. The van der Waals surface area contributed by atoms with Crippen molar-refractivity contribution in [1.82, 2.24) is 24.6 Å². The van der Waals surface area contributed by atoms with E-state index < -0.39 is 11.7 Å². The maximum Gasteiger partial charge on any atom is 0.407 e. The number of fused-ring (bicyclic) bond motifs is 1. The van der Waals surface area contributed by atoms with E-state index >= 15 is 0 Å². The third-order valence-corrected chi connectivity index (χ3v) is 5.72. The number of hydrogen-bond donors (Lipinski definition) is 2. The van der Waals surface area contributed by atoms with E-state index in [1.807, 2.05) is 65.0 Å². The quantitative estimate of drug-likeness (QED) is 0.500. The smallest absolute Gasteiger partial charge is 0.407 e. The van der Waals surface area contributed by atoms with Crippen molar-refractivity contribution in [3.05, 3.63) is 57.8 Å². The van der Waals surface area contributed by atoms with Gasteiger partial charge in [0.1, 0.15) is 11.4 Å². The molecule has 1 atom stereocenters. The van der Waals surface area contributed by atoms with Crippen LogP contribution in [0.5, 0.6) is 0 Å². The molecule has 2 heterocycles. The average molecular weight is 458 g/mol. The zero-order valence-corrected chi connectivity index (χ0v) is 20.1. The van der Waals surface area contributed by atoms with Crippen molar-refractivity contribution in [3.63, 3.8) is 0 Å². The van der Waals surface area contributed by atoms with Crippen LogP contribution in [0.3, 0.4) is 0 Å². The highest BCUT2D eigenvalue weighted by Crippen LogP contribution is 2.22. The van der Waals surface area contributed by atoms with Gasteiger partial charge in [0, 0.05) is 13.1 Å². The minimum Gasteiger partial charge on any atom is -0.444 e. The van der Waals surface area contributed by atoms with Crippen LogP contribution in [0.15, 0.2) is 35.1 Å². The number of alkyl carbamates (subject to hydrolysis) is 1. The Morgan fingerprint density at radius 2 is 1.94 bits per heavy atom. The van der Waals surface area contributed by atoms with Crippen molar-refractivity contribution in [1.29, 1.82) is 0 Å². The number of carbonyl (C=O) groups excluding carboxylic acids is 1. The number of benzene rings is 1. The summed E-state index contributed by atoms with van der Waals surface area (Å²) in [5.41, 5.74) is 1.12. The van der Waals surface area contributed by atoms with E-state index in [1.165, 1.54) is 11.5 Å². The molecule has 0 bridgehead atoms. The van der Waals surface area contributed by atoms with Gasteiger partial charge in [-0.05, 0) is 51.2 Å². The Bertz CT molecular complexity index is 1120. The van der Waals surface area contributed by atoms with Gasteiger partial charge in [-0.2, -0.15) is 4.37 Å². The van der Waals surface area contributed by atoms with Crippen molar-refractivity contribution in [3.8, 4) is 0 Å². The van der Waals surface area contributed by atoms with Gasteiger partial charge in [0.25, 0.3) is 5.56 Å². The molecule has 8 nitrogen and oxygen atoms in total. The molecule has 0 fully saturated rings. The molecule has 0 saturated carbocycles. The predicted octanol–water partition coefficient (Wildman–Crippen LogP) is 3.78. The molecule has 3 aromatic rings. The minimum atomic E-state index is -0.539. The van der Waals surface area contributed by atoms with E-state index in [1.54, 1.807) is 4.57 Å². The van der Waals surface area contributed by atoms with Crippen molar-refractivity contribution < 1.29 is 9.53 Å². The second-order valence-corrected chi connectivity index (χ2v) is 9.39. The molecule has 0 spiro atoms. The van der Waals surface area contributed by atoms with Gasteiger partial charge in [0.2, 0.25) is 0 Å². The summed E-state index contributed by atoms with van der Waals surface area (Å²) in [5, 5.41) is 6.75. The first kappa shape index (κ1) is 23.9. The summed E-state index contributed by atoms with van der Waals surface area (Å²) < 4.78 is 11.3. The van der Waals surface area contributed by atoms with Gasteiger partial charge < -0.3 is 15.4 Å². The average Bonchev–Trinajstić information content (AvgIpc) is 3.10. The lowest BCUT2D eigenvalue weighted by Crippen LogP contribution is -2.38. The Labute approximate surface area is 192 Å². The Hall–Kier alpha value is -2.78. The molecule has 0 aliphatic rings. The fourth-order valence-corrected chi connectivity index (χ4v) is 4.19. The standard InChI is InChI=1S/C23H31N5O3S/c1-6-17(24-12-13-25-22(30)31-23(3,4)5)19-26-20-18(15(2)27-32-20)21(29)28(19)14-16-10-8-7-9-11-16/h7-11,17,24H,6,12-14H2,1-5H3,(H,25,30). The van der Waals surface area contributed by atoms with Crippen LogP contribution < -0.4 is 16.2 Å². The van der Waals surface area contributed by atoms with Crippen LogP contribution in [-0.4, -0.2) is 38.7 Å². The molecule has 1 aromatic carbocycles. The summed E-state index contributed by atoms with van der Waals surface area (Å²) in [7, 11) is 0. The molecule has 172 valence electrons. The van der Waals surface area contributed by atoms with Crippen molar-refractivity contribution in [2.24, 2.45) is 0 Å². The van der Waals surface area contributed by atoms with Gasteiger partial charge in [-0.1, -0.05) is 37.3 Å². The molecule has 2 N–H and O–H groups in total. The molecule has 3 rings (SSSR count). The monoisotopic (exact) mass is 457 g/mol. The largest absolute Gasteiger partial charge is 0.444 e. The molecule has 0 aliphatic heterocycles. The van der Waals surface area contributed by atoms with Crippen LogP contribution in [0.4, 0.5) is 4.79 Å². The molecule has 9 heteroatoms. The number of aromatic nitrogens is 3. The maximum atomic E-state index is 13.4. The van der Waals surface area contributed by atoms with Crippen LogP contribution in [0.1, 0.15) is 57.2 Å². The summed E-state index contributed by atoms with van der Waals surface area (Å²) in [6.07, 6.45) is 0.282. The summed E-state index contributed by atoms with van der Waals surface area (Å²) >= 11 is 1.25. The zero-order chi connectivity index (χ0) is 23.3. The molecule has 1 amide bonds. The van der Waals surface area contributed by atoms with Crippen molar-refractivity contribution in [2.45, 2.75) is 59.2 Å². The number of amides is 1.